The van der Waals surface area contributed by atoms with Gasteiger partial charge in [0.1, 0.15) is 17.5 Å². The number of nitrogens with one attached hydrogen (secondary N) is 2. The van der Waals surface area contributed by atoms with E-state index in [4.69, 9.17) is 0 Å². The molecule has 0 radical (unpaired) electrons. The molecule has 1 aliphatic rings. The SMILES string of the molecule is CNc1cc(NC(C)C(C)(C)C)nc(C2CC2)n1. The molecule has 18 heavy (non-hydrogen) atoms. The molecule has 4 nitrogen and oxygen atoms in total. The minimum Gasteiger partial charge on any atom is -0.373 e. The first-order valence-electron chi connectivity index (χ1n) is 6.73. The molecule has 0 bridgehead atoms. The standard InChI is InChI=1S/C14H24N4/c1-9(14(2,3)4)16-12-8-11(15-5)17-13(18-12)10-6-7-10/h8-10H,6-7H2,1-5H3,(H2,15,16,17,18). The van der Waals surface area contributed by atoms with Crippen LogP contribution in [0.5, 0.6) is 0 Å². The fourth-order valence-corrected chi connectivity index (χ4v) is 1.63. The van der Waals surface area contributed by atoms with Crippen molar-refractivity contribution in [1.29, 1.82) is 0 Å². The monoisotopic (exact) mass is 248 g/mol. The Morgan fingerprint density at radius 3 is 2.33 bits per heavy atom. The van der Waals surface area contributed by atoms with Gasteiger partial charge < -0.3 is 10.6 Å². The predicted octanol–water partition coefficient (Wildman–Crippen LogP) is 3.24. The van der Waals surface area contributed by atoms with Gasteiger partial charge in [-0.2, -0.15) is 0 Å². The second-order valence-corrected chi connectivity index (χ2v) is 6.25. The lowest BCUT2D eigenvalue weighted by atomic mass is 9.88. The second kappa shape index (κ2) is 4.75. The van der Waals surface area contributed by atoms with E-state index < -0.39 is 0 Å². The summed E-state index contributed by atoms with van der Waals surface area (Å²) in [5.74, 6) is 3.38. The zero-order valence-corrected chi connectivity index (χ0v) is 12.0. The fraction of sp³-hybridized carbons (Fsp3) is 0.714. The molecule has 1 aromatic rings. The van der Waals surface area contributed by atoms with Gasteiger partial charge in [0, 0.05) is 25.1 Å². The first-order valence-corrected chi connectivity index (χ1v) is 6.73. The van der Waals surface area contributed by atoms with E-state index in [1.807, 2.05) is 13.1 Å². The van der Waals surface area contributed by atoms with Gasteiger partial charge in [0.25, 0.3) is 0 Å². The van der Waals surface area contributed by atoms with Crippen LogP contribution in [0.25, 0.3) is 0 Å². The van der Waals surface area contributed by atoms with Crippen molar-refractivity contribution in [2.24, 2.45) is 5.41 Å². The van der Waals surface area contributed by atoms with Gasteiger partial charge in [-0.15, -0.1) is 0 Å². The zero-order valence-electron chi connectivity index (χ0n) is 12.0. The van der Waals surface area contributed by atoms with E-state index in [9.17, 15) is 0 Å². The summed E-state index contributed by atoms with van der Waals surface area (Å²) in [5.41, 5.74) is 0.213. The second-order valence-electron chi connectivity index (χ2n) is 6.25. The Morgan fingerprint density at radius 2 is 1.83 bits per heavy atom. The Bertz CT molecular complexity index is 418. The molecule has 1 heterocycles. The molecule has 1 unspecified atom stereocenters. The summed E-state index contributed by atoms with van der Waals surface area (Å²) in [4.78, 5) is 9.16. The third kappa shape index (κ3) is 3.12. The lowest BCUT2D eigenvalue weighted by molar-refractivity contribution is 0.358. The van der Waals surface area contributed by atoms with Crippen LogP contribution in [-0.4, -0.2) is 23.1 Å². The molecule has 0 amide bonds. The van der Waals surface area contributed by atoms with Crippen LogP contribution >= 0.6 is 0 Å². The summed E-state index contributed by atoms with van der Waals surface area (Å²) in [6, 6.07) is 2.35. The number of nitrogens with zero attached hydrogens (tertiary/aromatic N) is 2. The maximum atomic E-state index is 4.63. The Kier molecular flexibility index (Phi) is 3.46. The molecule has 1 saturated carbocycles. The van der Waals surface area contributed by atoms with E-state index in [1.165, 1.54) is 12.8 Å². The molecule has 2 rings (SSSR count). The van der Waals surface area contributed by atoms with Crippen molar-refractivity contribution >= 4 is 11.6 Å². The van der Waals surface area contributed by atoms with E-state index in [-0.39, 0.29) is 5.41 Å². The largest absolute Gasteiger partial charge is 0.373 e. The molecule has 0 aromatic carbocycles. The Balaban J connectivity index is 2.18. The van der Waals surface area contributed by atoms with Gasteiger partial charge in [-0.05, 0) is 25.2 Å². The third-order valence-electron chi connectivity index (χ3n) is 3.61. The van der Waals surface area contributed by atoms with Gasteiger partial charge in [0.05, 0.1) is 0 Å². The maximum Gasteiger partial charge on any atom is 0.136 e. The first-order chi connectivity index (χ1) is 8.40. The van der Waals surface area contributed by atoms with Crippen molar-refractivity contribution in [1.82, 2.24) is 9.97 Å². The van der Waals surface area contributed by atoms with Gasteiger partial charge >= 0.3 is 0 Å². The molecule has 0 spiro atoms. The molecular formula is C14H24N4. The molecule has 1 aliphatic carbocycles. The van der Waals surface area contributed by atoms with Crippen molar-refractivity contribution in [2.75, 3.05) is 17.7 Å². The first kappa shape index (κ1) is 13.1. The van der Waals surface area contributed by atoms with E-state index >= 15 is 0 Å². The van der Waals surface area contributed by atoms with E-state index in [0.29, 0.717) is 12.0 Å². The summed E-state index contributed by atoms with van der Waals surface area (Å²) in [7, 11) is 1.90. The molecule has 1 fully saturated rings. The van der Waals surface area contributed by atoms with Gasteiger partial charge in [-0.1, -0.05) is 20.8 Å². The highest BCUT2D eigenvalue weighted by Gasteiger charge is 2.28. The molecule has 4 heteroatoms. The summed E-state index contributed by atoms with van der Waals surface area (Å²) in [6.07, 6.45) is 2.45. The Morgan fingerprint density at radius 1 is 1.22 bits per heavy atom. The molecule has 0 saturated heterocycles. The minimum atomic E-state index is 0.213. The van der Waals surface area contributed by atoms with Gasteiger partial charge in [-0.25, -0.2) is 9.97 Å². The number of hydrogen-bond donors (Lipinski definition) is 2. The van der Waals surface area contributed by atoms with Crippen molar-refractivity contribution in [3.05, 3.63) is 11.9 Å². The van der Waals surface area contributed by atoms with E-state index in [2.05, 4.69) is 48.3 Å². The molecule has 1 atom stereocenters. The highest BCUT2D eigenvalue weighted by molar-refractivity contribution is 5.48. The maximum absolute atomic E-state index is 4.63. The van der Waals surface area contributed by atoms with Crippen LogP contribution in [0.1, 0.15) is 52.3 Å². The number of rotatable bonds is 4. The smallest absolute Gasteiger partial charge is 0.136 e. The topological polar surface area (TPSA) is 49.8 Å². The molecular weight excluding hydrogens is 224 g/mol. The van der Waals surface area contributed by atoms with Crippen molar-refractivity contribution in [3.8, 4) is 0 Å². The molecule has 1 aromatic heterocycles. The average Bonchev–Trinajstić information content (AvgIpc) is 3.11. The van der Waals surface area contributed by atoms with Crippen LogP contribution in [0.3, 0.4) is 0 Å². The van der Waals surface area contributed by atoms with Crippen LogP contribution in [0.2, 0.25) is 0 Å². The lowest BCUT2D eigenvalue weighted by Gasteiger charge is -2.28. The Labute approximate surface area is 110 Å². The normalized spacial score (nSPS) is 17.4. The van der Waals surface area contributed by atoms with E-state index in [0.717, 1.165) is 17.5 Å². The van der Waals surface area contributed by atoms with Gasteiger partial charge in [0.15, 0.2) is 0 Å². The van der Waals surface area contributed by atoms with Gasteiger partial charge in [-0.3, -0.25) is 0 Å². The molecule has 100 valence electrons. The molecule has 0 aliphatic heterocycles. The van der Waals surface area contributed by atoms with Crippen LogP contribution in [0.4, 0.5) is 11.6 Å². The number of hydrogen-bond acceptors (Lipinski definition) is 4. The van der Waals surface area contributed by atoms with Crippen molar-refractivity contribution < 1.29 is 0 Å². The fourth-order valence-electron chi connectivity index (χ4n) is 1.63. The lowest BCUT2D eigenvalue weighted by Crippen LogP contribution is -2.31. The summed E-state index contributed by atoms with van der Waals surface area (Å²) < 4.78 is 0. The third-order valence-corrected chi connectivity index (χ3v) is 3.61. The van der Waals surface area contributed by atoms with Crippen molar-refractivity contribution in [2.45, 2.75) is 52.5 Å². The highest BCUT2D eigenvalue weighted by atomic mass is 15.1. The van der Waals surface area contributed by atoms with Crippen LogP contribution < -0.4 is 10.6 Å². The highest BCUT2D eigenvalue weighted by Crippen LogP contribution is 2.39. The molecule has 2 N–H and O–H groups in total. The quantitative estimate of drug-likeness (QED) is 0.859. The van der Waals surface area contributed by atoms with Crippen molar-refractivity contribution in [3.63, 3.8) is 0 Å². The van der Waals surface area contributed by atoms with Crippen LogP contribution in [0.15, 0.2) is 6.07 Å². The summed E-state index contributed by atoms with van der Waals surface area (Å²) >= 11 is 0. The van der Waals surface area contributed by atoms with Crippen LogP contribution in [-0.2, 0) is 0 Å². The van der Waals surface area contributed by atoms with E-state index in [1.54, 1.807) is 0 Å². The summed E-state index contributed by atoms with van der Waals surface area (Å²) in [6.45, 7) is 8.88. The van der Waals surface area contributed by atoms with Gasteiger partial charge in [0.2, 0.25) is 0 Å². The minimum absolute atomic E-state index is 0.213. The Hall–Kier alpha value is -1.32. The average molecular weight is 248 g/mol. The number of anilines is 2. The zero-order chi connectivity index (χ0) is 13.3. The predicted molar refractivity (Wildman–Crippen MR) is 76.1 cm³/mol. The summed E-state index contributed by atoms with van der Waals surface area (Å²) in [5, 5.41) is 6.60. The van der Waals surface area contributed by atoms with Crippen LogP contribution in [0, 0.1) is 5.41 Å². The number of aromatic nitrogens is 2.